The van der Waals surface area contributed by atoms with E-state index in [0.717, 1.165) is 53.4 Å². The zero-order valence-corrected chi connectivity index (χ0v) is 20.9. The molecule has 0 spiro atoms. The Balaban J connectivity index is 1.68. The molecule has 1 saturated carbocycles. The van der Waals surface area contributed by atoms with Crippen LogP contribution >= 0.6 is 0 Å². The van der Waals surface area contributed by atoms with Gasteiger partial charge in [0.25, 0.3) is 0 Å². The topological polar surface area (TPSA) is 36.3 Å². The van der Waals surface area contributed by atoms with E-state index in [4.69, 9.17) is 14.5 Å². The van der Waals surface area contributed by atoms with E-state index < -0.39 is 0 Å². The van der Waals surface area contributed by atoms with Crippen molar-refractivity contribution in [2.75, 3.05) is 7.11 Å². The molecule has 1 aliphatic carbocycles. The number of ether oxygens (including phenoxy) is 2. The van der Waals surface area contributed by atoms with Crippen LogP contribution in [0.3, 0.4) is 0 Å². The molecule has 3 aromatic carbocycles. The van der Waals surface area contributed by atoms with Crippen molar-refractivity contribution >= 4 is 0 Å². The number of hydrogen-bond acceptors (Lipinski definition) is 3. The summed E-state index contributed by atoms with van der Waals surface area (Å²) in [6.07, 6.45) is 5.60. The highest BCUT2D eigenvalue weighted by Crippen LogP contribution is 2.46. The van der Waals surface area contributed by atoms with Gasteiger partial charge in [-0.05, 0) is 43.9 Å². The van der Waals surface area contributed by atoms with Gasteiger partial charge in [0.15, 0.2) is 11.5 Å². The second kappa shape index (κ2) is 10.4. The van der Waals surface area contributed by atoms with Gasteiger partial charge in [0.05, 0.1) is 24.6 Å². The average Bonchev–Trinajstić information content (AvgIpc) is 3.68. The Morgan fingerprint density at radius 2 is 1.54 bits per heavy atom. The third-order valence-electron chi connectivity index (χ3n) is 6.70. The monoisotopic (exact) mass is 466 g/mol. The fourth-order valence-electron chi connectivity index (χ4n) is 4.75. The molecule has 0 aliphatic heterocycles. The highest BCUT2D eigenvalue weighted by Gasteiger charge is 2.32. The predicted molar refractivity (Wildman–Crippen MR) is 143 cm³/mol. The molecule has 1 unspecified atom stereocenters. The molecule has 1 heterocycles. The Labute approximate surface area is 208 Å². The molecule has 1 aliphatic rings. The van der Waals surface area contributed by atoms with Crippen molar-refractivity contribution in [2.45, 2.75) is 58.1 Å². The van der Waals surface area contributed by atoms with Gasteiger partial charge in [-0.3, -0.25) is 0 Å². The molecular weight excluding hydrogens is 432 g/mol. The summed E-state index contributed by atoms with van der Waals surface area (Å²) in [5.41, 5.74) is 5.58. The SMILES string of the molecule is CCCC(CC)Oc1cc(-c2nc(-c3ccccc3)c(-c3ccccc3)n2C2CC2)ccc1OC. The van der Waals surface area contributed by atoms with Crippen LogP contribution in [0.15, 0.2) is 78.9 Å². The van der Waals surface area contributed by atoms with Gasteiger partial charge in [-0.2, -0.15) is 0 Å². The molecule has 0 amide bonds. The minimum Gasteiger partial charge on any atom is -0.493 e. The van der Waals surface area contributed by atoms with Crippen molar-refractivity contribution in [1.29, 1.82) is 0 Å². The first-order valence-electron chi connectivity index (χ1n) is 12.8. The predicted octanol–water partition coefficient (Wildman–Crippen LogP) is 8.19. The van der Waals surface area contributed by atoms with Crippen LogP contribution in [0, 0.1) is 0 Å². The average molecular weight is 467 g/mol. The first kappa shape index (κ1) is 23.2. The molecule has 0 radical (unpaired) electrons. The van der Waals surface area contributed by atoms with Gasteiger partial charge >= 0.3 is 0 Å². The first-order valence-corrected chi connectivity index (χ1v) is 12.8. The lowest BCUT2D eigenvalue weighted by Gasteiger charge is -2.20. The molecule has 180 valence electrons. The maximum absolute atomic E-state index is 6.45. The summed E-state index contributed by atoms with van der Waals surface area (Å²) in [5, 5.41) is 0. The van der Waals surface area contributed by atoms with Crippen LogP contribution in [0.4, 0.5) is 0 Å². The van der Waals surface area contributed by atoms with Gasteiger partial charge < -0.3 is 14.0 Å². The summed E-state index contributed by atoms with van der Waals surface area (Å²) >= 11 is 0. The number of nitrogens with zero attached hydrogens (tertiary/aromatic N) is 2. The number of rotatable bonds is 10. The molecule has 35 heavy (non-hydrogen) atoms. The highest BCUT2D eigenvalue weighted by molar-refractivity contribution is 5.82. The molecule has 5 rings (SSSR count). The lowest BCUT2D eigenvalue weighted by molar-refractivity contribution is 0.178. The van der Waals surface area contributed by atoms with Gasteiger partial charge in [-0.15, -0.1) is 0 Å². The van der Waals surface area contributed by atoms with Crippen molar-refractivity contribution in [3.05, 3.63) is 78.9 Å². The number of benzene rings is 3. The van der Waals surface area contributed by atoms with E-state index in [2.05, 4.69) is 91.2 Å². The van der Waals surface area contributed by atoms with E-state index in [0.29, 0.717) is 6.04 Å². The Morgan fingerprint density at radius 1 is 0.857 bits per heavy atom. The lowest BCUT2D eigenvalue weighted by atomic mass is 10.0. The third kappa shape index (κ3) is 4.84. The summed E-state index contributed by atoms with van der Waals surface area (Å²) in [6.45, 7) is 4.37. The molecule has 1 fully saturated rings. The molecule has 0 bridgehead atoms. The highest BCUT2D eigenvalue weighted by atomic mass is 16.5. The van der Waals surface area contributed by atoms with Crippen LogP contribution in [0.1, 0.15) is 52.0 Å². The summed E-state index contributed by atoms with van der Waals surface area (Å²) in [4.78, 5) is 5.29. The first-order chi connectivity index (χ1) is 17.2. The van der Waals surface area contributed by atoms with Crippen LogP contribution in [-0.4, -0.2) is 22.8 Å². The van der Waals surface area contributed by atoms with Crippen LogP contribution in [-0.2, 0) is 0 Å². The van der Waals surface area contributed by atoms with E-state index >= 15 is 0 Å². The van der Waals surface area contributed by atoms with Crippen molar-refractivity contribution in [1.82, 2.24) is 9.55 Å². The summed E-state index contributed by atoms with van der Waals surface area (Å²) < 4.78 is 14.6. The maximum Gasteiger partial charge on any atom is 0.162 e. The largest absolute Gasteiger partial charge is 0.493 e. The summed E-state index contributed by atoms with van der Waals surface area (Å²) in [7, 11) is 1.70. The van der Waals surface area contributed by atoms with E-state index in [9.17, 15) is 0 Å². The zero-order chi connectivity index (χ0) is 24.2. The van der Waals surface area contributed by atoms with Gasteiger partial charge in [-0.1, -0.05) is 80.9 Å². The number of aromatic nitrogens is 2. The maximum atomic E-state index is 6.45. The Hall–Kier alpha value is -3.53. The minimum atomic E-state index is 0.173. The smallest absolute Gasteiger partial charge is 0.162 e. The number of hydrogen-bond donors (Lipinski definition) is 0. The fourth-order valence-corrected chi connectivity index (χ4v) is 4.75. The van der Waals surface area contributed by atoms with Crippen molar-refractivity contribution in [3.8, 4) is 45.4 Å². The number of imidazole rings is 1. The van der Waals surface area contributed by atoms with Gasteiger partial charge in [0.2, 0.25) is 0 Å². The van der Waals surface area contributed by atoms with Gasteiger partial charge in [0, 0.05) is 22.7 Å². The van der Waals surface area contributed by atoms with E-state index in [-0.39, 0.29) is 6.10 Å². The zero-order valence-electron chi connectivity index (χ0n) is 20.9. The van der Waals surface area contributed by atoms with Crippen LogP contribution < -0.4 is 9.47 Å². The minimum absolute atomic E-state index is 0.173. The fraction of sp³-hybridized carbons (Fsp3) is 0.323. The lowest BCUT2D eigenvalue weighted by Crippen LogP contribution is -2.15. The van der Waals surface area contributed by atoms with Crippen LogP contribution in [0.5, 0.6) is 11.5 Å². The summed E-state index contributed by atoms with van der Waals surface area (Å²) in [6, 6.07) is 27.9. The third-order valence-corrected chi connectivity index (χ3v) is 6.70. The second-order valence-corrected chi connectivity index (χ2v) is 9.27. The van der Waals surface area contributed by atoms with Gasteiger partial charge in [-0.25, -0.2) is 4.98 Å². The Kier molecular flexibility index (Phi) is 6.89. The van der Waals surface area contributed by atoms with E-state index in [1.54, 1.807) is 7.11 Å². The van der Waals surface area contributed by atoms with Crippen LogP contribution in [0.25, 0.3) is 33.9 Å². The van der Waals surface area contributed by atoms with Crippen molar-refractivity contribution < 1.29 is 9.47 Å². The summed E-state index contributed by atoms with van der Waals surface area (Å²) in [5.74, 6) is 2.54. The molecule has 1 atom stereocenters. The molecule has 4 heteroatoms. The molecule has 1 aromatic heterocycles. The molecule has 0 N–H and O–H groups in total. The van der Waals surface area contributed by atoms with Gasteiger partial charge in [0.1, 0.15) is 5.82 Å². The molecule has 4 aromatic rings. The van der Waals surface area contributed by atoms with Crippen molar-refractivity contribution in [3.63, 3.8) is 0 Å². The molecule has 4 nitrogen and oxygen atoms in total. The normalized spacial score (nSPS) is 14.0. The van der Waals surface area contributed by atoms with E-state index in [1.807, 2.05) is 6.07 Å². The number of methoxy groups -OCH3 is 1. The quantitative estimate of drug-likeness (QED) is 0.236. The molecular formula is C31H34N2O2. The standard InChI is InChI=1S/C31H34N2O2/c1-4-12-26(5-2)35-28-21-24(17-20-27(28)34-3)31-32-29(22-13-8-6-9-14-22)30(33(31)25-18-19-25)23-15-10-7-11-16-23/h6-11,13-17,20-21,25-26H,4-5,12,18-19H2,1-3H3. The van der Waals surface area contributed by atoms with E-state index in [1.165, 1.54) is 24.1 Å². The molecule has 0 saturated heterocycles. The Morgan fingerprint density at radius 3 is 2.14 bits per heavy atom. The second-order valence-electron chi connectivity index (χ2n) is 9.27. The Bertz CT molecular complexity index is 1260. The van der Waals surface area contributed by atoms with Crippen molar-refractivity contribution in [2.24, 2.45) is 0 Å². The van der Waals surface area contributed by atoms with Crippen LogP contribution in [0.2, 0.25) is 0 Å².